The average molecular weight is 449 g/mol. The second-order valence-electron chi connectivity index (χ2n) is 9.16. The number of nitrogens with zero attached hydrogens (tertiary/aromatic N) is 2. The Morgan fingerprint density at radius 2 is 1.67 bits per heavy atom. The maximum Gasteiger partial charge on any atom is 0.295 e. The van der Waals surface area contributed by atoms with E-state index in [-0.39, 0.29) is 11.3 Å². The van der Waals surface area contributed by atoms with Gasteiger partial charge in [-0.15, -0.1) is 0 Å². The zero-order valence-electron chi connectivity index (χ0n) is 20.7. The standard InChI is InChI=1S/C28H36N2O3/c1-7-29(8-2)15-16-30-25(22-13-11-21(12-14-22)18(3)4)24(27(32)28(30)33)26(31)23-17-19(5)9-10-20(23)6/h9-14,17-18,25,31H,7-8,15-16H2,1-6H3/b26-24+. The SMILES string of the molecule is CCN(CC)CCN1C(=O)C(=O)/C(=C(/O)c2cc(C)ccc2C)C1c1ccc(C(C)C)cc1. The Morgan fingerprint density at radius 3 is 2.24 bits per heavy atom. The summed E-state index contributed by atoms with van der Waals surface area (Å²) in [5.74, 6) is -0.890. The second-order valence-corrected chi connectivity index (χ2v) is 9.16. The number of aryl methyl sites for hydroxylation is 2. The molecular weight excluding hydrogens is 412 g/mol. The second kappa shape index (κ2) is 10.3. The van der Waals surface area contributed by atoms with E-state index in [2.05, 4.69) is 32.6 Å². The van der Waals surface area contributed by atoms with Gasteiger partial charge >= 0.3 is 0 Å². The molecule has 0 bridgehead atoms. The van der Waals surface area contributed by atoms with Gasteiger partial charge in [-0.05, 0) is 55.6 Å². The summed E-state index contributed by atoms with van der Waals surface area (Å²) in [7, 11) is 0. The van der Waals surface area contributed by atoms with Crippen LogP contribution in [0.1, 0.15) is 67.5 Å². The molecule has 5 heteroatoms. The summed E-state index contributed by atoms with van der Waals surface area (Å²) in [6.45, 7) is 15.1. The summed E-state index contributed by atoms with van der Waals surface area (Å²) in [4.78, 5) is 30.3. The number of aliphatic hydroxyl groups is 1. The van der Waals surface area contributed by atoms with Crippen LogP contribution in [0, 0.1) is 13.8 Å². The summed E-state index contributed by atoms with van der Waals surface area (Å²) >= 11 is 0. The Balaban J connectivity index is 2.14. The molecule has 5 nitrogen and oxygen atoms in total. The molecule has 1 saturated heterocycles. The van der Waals surface area contributed by atoms with E-state index in [0.29, 0.717) is 24.6 Å². The molecule has 1 atom stereocenters. The molecule has 1 fully saturated rings. The number of likely N-dealkylation sites (N-methyl/N-ethyl adjacent to an activating group) is 1. The summed E-state index contributed by atoms with van der Waals surface area (Å²) < 4.78 is 0. The van der Waals surface area contributed by atoms with E-state index in [1.165, 1.54) is 5.56 Å². The molecule has 1 heterocycles. The zero-order valence-corrected chi connectivity index (χ0v) is 20.7. The number of benzene rings is 2. The Kier molecular flexibility index (Phi) is 7.75. The fraction of sp³-hybridized carbons (Fsp3) is 0.429. The van der Waals surface area contributed by atoms with Crippen molar-refractivity contribution < 1.29 is 14.7 Å². The Labute approximate surface area is 197 Å². The number of carbonyl (C=O) groups excluding carboxylic acids is 2. The first-order valence-corrected chi connectivity index (χ1v) is 11.9. The van der Waals surface area contributed by atoms with Crippen LogP contribution in [0.25, 0.3) is 5.76 Å². The van der Waals surface area contributed by atoms with Crippen molar-refractivity contribution in [1.82, 2.24) is 9.80 Å². The normalized spacial score (nSPS) is 18.1. The molecule has 0 radical (unpaired) electrons. The lowest BCUT2D eigenvalue weighted by atomic mass is 9.92. The molecule has 33 heavy (non-hydrogen) atoms. The molecule has 1 aliphatic heterocycles. The number of carbonyl (C=O) groups is 2. The number of aliphatic hydroxyl groups excluding tert-OH is 1. The zero-order chi connectivity index (χ0) is 24.3. The highest BCUT2D eigenvalue weighted by Gasteiger charge is 2.46. The molecule has 1 amide bonds. The first-order valence-electron chi connectivity index (χ1n) is 11.9. The van der Waals surface area contributed by atoms with Crippen molar-refractivity contribution in [2.45, 2.75) is 53.5 Å². The minimum Gasteiger partial charge on any atom is -0.507 e. The van der Waals surface area contributed by atoms with Crippen LogP contribution in [0.5, 0.6) is 0 Å². The molecular formula is C28H36N2O3. The van der Waals surface area contributed by atoms with Gasteiger partial charge in [-0.1, -0.05) is 69.7 Å². The van der Waals surface area contributed by atoms with Crippen LogP contribution >= 0.6 is 0 Å². The van der Waals surface area contributed by atoms with Gasteiger partial charge in [0.25, 0.3) is 11.7 Å². The minimum absolute atomic E-state index is 0.0992. The van der Waals surface area contributed by atoms with Gasteiger partial charge in [0.05, 0.1) is 11.6 Å². The van der Waals surface area contributed by atoms with Crippen LogP contribution in [0.15, 0.2) is 48.0 Å². The molecule has 2 aromatic carbocycles. The quantitative estimate of drug-likeness (QED) is 0.343. The van der Waals surface area contributed by atoms with Crippen LogP contribution < -0.4 is 0 Å². The van der Waals surface area contributed by atoms with Gasteiger partial charge in [-0.3, -0.25) is 9.59 Å². The van der Waals surface area contributed by atoms with Crippen molar-refractivity contribution >= 4 is 17.4 Å². The molecule has 1 unspecified atom stereocenters. The fourth-order valence-electron chi connectivity index (χ4n) is 4.45. The number of hydrogen-bond acceptors (Lipinski definition) is 4. The third-order valence-electron chi connectivity index (χ3n) is 6.66. The van der Waals surface area contributed by atoms with Crippen molar-refractivity contribution in [1.29, 1.82) is 0 Å². The molecule has 1 N–H and O–H groups in total. The summed E-state index contributed by atoms with van der Waals surface area (Å²) in [6, 6.07) is 13.2. The smallest absolute Gasteiger partial charge is 0.295 e. The average Bonchev–Trinajstić information content (AvgIpc) is 3.05. The monoisotopic (exact) mass is 448 g/mol. The predicted octanol–water partition coefficient (Wildman–Crippen LogP) is 5.19. The number of amides is 1. The van der Waals surface area contributed by atoms with Crippen LogP contribution in [-0.4, -0.2) is 52.8 Å². The van der Waals surface area contributed by atoms with Gasteiger partial charge in [0.1, 0.15) is 5.76 Å². The first kappa shape index (κ1) is 24.7. The molecule has 0 aromatic heterocycles. The topological polar surface area (TPSA) is 60.9 Å². The van der Waals surface area contributed by atoms with E-state index < -0.39 is 17.7 Å². The van der Waals surface area contributed by atoms with Crippen LogP contribution in [-0.2, 0) is 9.59 Å². The van der Waals surface area contributed by atoms with Gasteiger partial charge in [0.2, 0.25) is 0 Å². The number of ketones is 1. The van der Waals surface area contributed by atoms with E-state index in [1.54, 1.807) is 4.90 Å². The van der Waals surface area contributed by atoms with Crippen LogP contribution in [0.3, 0.4) is 0 Å². The molecule has 176 valence electrons. The molecule has 0 spiro atoms. The molecule has 0 saturated carbocycles. The largest absolute Gasteiger partial charge is 0.507 e. The van der Waals surface area contributed by atoms with Gasteiger partial charge in [0.15, 0.2) is 0 Å². The van der Waals surface area contributed by atoms with E-state index in [9.17, 15) is 14.7 Å². The Bertz CT molecular complexity index is 1050. The van der Waals surface area contributed by atoms with Crippen molar-refractivity contribution in [2.75, 3.05) is 26.2 Å². The van der Waals surface area contributed by atoms with Crippen LogP contribution in [0.2, 0.25) is 0 Å². The highest BCUT2D eigenvalue weighted by molar-refractivity contribution is 6.46. The van der Waals surface area contributed by atoms with E-state index in [4.69, 9.17) is 0 Å². The summed E-state index contributed by atoms with van der Waals surface area (Å²) in [6.07, 6.45) is 0. The minimum atomic E-state index is -0.620. The van der Waals surface area contributed by atoms with E-state index >= 15 is 0 Å². The number of hydrogen-bond donors (Lipinski definition) is 1. The Hall–Kier alpha value is -2.92. The molecule has 3 rings (SSSR count). The van der Waals surface area contributed by atoms with Gasteiger partial charge in [-0.25, -0.2) is 0 Å². The number of rotatable bonds is 8. The summed E-state index contributed by atoms with van der Waals surface area (Å²) in [5, 5.41) is 11.3. The van der Waals surface area contributed by atoms with Crippen molar-refractivity contribution in [2.24, 2.45) is 0 Å². The van der Waals surface area contributed by atoms with E-state index in [0.717, 1.165) is 29.8 Å². The van der Waals surface area contributed by atoms with Crippen LogP contribution in [0.4, 0.5) is 0 Å². The van der Waals surface area contributed by atoms with Crippen molar-refractivity contribution in [3.63, 3.8) is 0 Å². The van der Waals surface area contributed by atoms with Gasteiger partial charge in [0, 0.05) is 18.7 Å². The lowest BCUT2D eigenvalue weighted by Gasteiger charge is -2.28. The third kappa shape index (κ3) is 5.03. The lowest BCUT2D eigenvalue weighted by molar-refractivity contribution is -0.140. The third-order valence-corrected chi connectivity index (χ3v) is 6.66. The molecule has 1 aliphatic rings. The molecule has 0 aliphatic carbocycles. The maximum absolute atomic E-state index is 13.2. The first-order chi connectivity index (χ1) is 15.7. The van der Waals surface area contributed by atoms with Gasteiger partial charge in [-0.2, -0.15) is 0 Å². The van der Waals surface area contributed by atoms with E-state index in [1.807, 2.05) is 56.3 Å². The maximum atomic E-state index is 13.2. The Morgan fingerprint density at radius 1 is 1.03 bits per heavy atom. The van der Waals surface area contributed by atoms with Gasteiger partial charge < -0.3 is 14.9 Å². The highest BCUT2D eigenvalue weighted by atomic mass is 16.3. The van der Waals surface area contributed by atoms with Crippen molar-refractivity contribution in [3.05, 3.63) is 75.9 Å². The molecule has 2 aromatic rings. The number of Topliss-reactive ketones (excluding diaryl/α,β-unsaturated/α-hetero) is 1. The summed E-state index contributed by atoms with van der Waals surface area (Å²) in [5.41, 5.74) is 4.64. The number of likely N-dealkylation sites (tertiary alicyclic amines) is 1. The van der Waals surface area contributed by atoms with Crippen molar-refractivity contribution in [3.8, 4) is 0 Å². The highest BCUT2D eigenvalue weighted by Crippen LogP contribution is 2.40. The lowest BCUT2D eigenvalue weighted by Crippen LogP contribution is -2.38. The fourth-order valence-corrected chi connectivity index (χ4v) is 4.45. The predicted molar refractivity (Wildman–Crippen MR) is 133 cm³/mol.